The van der Waals surface area contributed by atoms with Crippen molar-refractivity contribution in [1.82, 2.24) is 5.32 Å². The third kappa shape index (κ3) is 5.87. The Kier molecular flexibility index (Phi) is 6.50. The second-order valence-corrected chi connectivity index (χ2v) is 6.57. The summed E-state index contributed by atoms with van der Waals surface area (Å²) < 4.78 is 0. The molecule has 0 aromatic carbocycles. The fourth-order valence-corrected chi connectivity index (χ4v) is 3.09. The Labute approximate surface area is 108 Å². The zero-order valence-corrected chi connectivity index (χ0v) is 12.1. The first-order valence-electron chi connectivity index (χ1n) is 7.51. The molecule has 1 unspecified atom stereocenters. The Bertz CT molecular complexity index is 195. The van der Waals surface area contributed by atoms with Crippen molar-refractivity contribution in [3.05, 3.63) is 0 Å². The van der Waals surface area contributed by atoms with Crippen LogP contribution in [0, 0.1) is 11.8 Å². The zero-order valence-electron chi connectivity index (χ0n) is 12.1. The van der Waals surface area contributed by atoms with Gasteiger partial charge in [-0.1, -0.05) is 33.1 Å². The Morgan fingerprint density at radius 1 is 1.18 bits per heavy atom. The van der Waals surface area contributed by atoms with Crippen LogP contribution in [0.3, 0.4) is 0 Å². The van der Waals surface area contributed by atoms with Crippen LogP contribution in [0.5, 0.6) is 0 Å². The van der Waals surface area contributed by atoms with Gasteiger partial charge in [0.1, 0.15) is 0 Å². The van der Waals surface area contributed by atoms with Crippen molar-refractivity contribution < 1.29 is 0 Å². The summed E-state index contributed by atoms with van der Waals surface area (Å²) in [7, 11) is 0. The van der Waals surface area contributed by atoms with Crippen molar-refractivity contribution in [2.24, 2.45) is 17.6 Å². The fraction of sp³-hybridized carbons (Fsp3) is 1.00. The summed E-state index contributed by atoms with van der Waals surface area (Å²) in [4.78, 5) is 0. The minimum absolute atomic E-state index is 0.412. The minimum Gasteiger partial charge on any atom is -0.330 e. The van der Waals surface area contributed by atoms with Gasteiger partial charge in [-0.05, 0) is 57.5 Å². The molecule has 2 heteroatoms. The number of hydrogen-bond donors (Lipinski definition) is 2. The van der Waals surface area contributed by atoms with Gasteiger partial charge in [0, 0.05) is 5.54 Å². The average molecular weight is 240 g/mol. The third-order valence-electron chi connectivity index (χ3n) is 4.20. The van der Waals surface area contributed by atoms with Crippen molar-refractivity contribution in [3.63, 3.8) is 0 Å². The molecule has 1 rings (SSSR count). The highest BCUT2D eigenvalue weighted by atomic mass is 15.0. The smallest absolute Gasteiger partial charge is 0.0153 e. The summed E-state index contributed by atoms with van der Waals surface area (Å²) >= 11 is 0. The first-order valence-corrected chi connectivity index (χ1v) is 7.51. The lowest BCUT2D eigenvalue weighted by Crippen LogP contribution is -2.44. The Hall–Kier alpha value is -0.0800. The standard InChI is InChI=1S/C15H32N2/c1-13(2)11-14(12-16)7-10-17-15(3)8-5-4-6-9-15/h13-14,17H,4-12,16H2,1-3H3. The first kappa shape index (κ1) is 15.0. The van der Waals surface area contributed by atoms with E-state index in [4.69, 9.17) is 5.73 Å². The second-order valence-electron chi connectivity index (χ2n) is 6.57. The molecule has 1 saturated carbocycles. The van der Waals surface area contributed by atoms with Crippen LogP contribution in [0.4, 0.5) is 0 Å². The van der Waals surface area contributed by atoms with Crippen molar-refractivity contribution in [2.75, 3.05) is 13.1 Å². The van der Waals surface area contributed by atoms with E-state index in [0.717, 1.165) is 19.0 Å². The van der Waals surface area contributed by atoms with Crippen LogP contribution >= 0.6 is 0 Å². The second kappa shape index (κ2) is 7.38. The molecular formula is C15H32N2. The molecule has 1 aliphatic rings. The van der Waals surface area contributed by atoms with E-state index in [-0.39, 0.29) is 0 Å². The maximum absolute atomic E-state index is 5.85. The lowest BCUT2D eigenvalue weighted by molar-refractivity contribution is 0.245. The molecule has 3 N–H and O–H groups in total. The van der Waals surface area contributed by atoms with E-state index in [1.54, 1.807) is 0 Å². The van der Waals surface area contributed by atoms with Crippen LogP contribution < -0.4 is 11.1 Å². The molecule has 0 aromatic rings. The lowest BCUT2D eigenvalue weighted by Gasteiger charge is -2.35. The average Bonchev–Trinajstić information content (AvgIpc) is 2.28. The van der Waals surface area contributed by atoms with Crippen LogP contribution in [-0.2, 0) is 0 Å². The summed E-state index contributed by atoms with van der Waals surface area (Å²) in [5.41, 5.74) is 6.26. The van der Waals surface area contributed by atoms with Crippen LogP contribution in [-0.4, -0.2) is 18.6 Å². The van der Waals surface area contributed by atoms with Gasteiger partial charge in [-0.25, -0.2) is 0 Å². The maximum Gasteiger partial charge on any atom is 0.0153 e. The Morgan fingerprint density at radius 3 is 2.35 bits per heavy atom. The number of nitrogens with one attached hydrogen (secondary N) is 1. The normalized spacial score (nSPS) is 21.7. The van der Waals surface area contributed by atoms with E-state index in [1.807, 2.05) is 0 Å². The summed E-state index contributed by atoms with van der Waals surface area (Å²) in [6.07, 6.45) is 9.44. The molecular weight excluding hydrogens is 208 g/mol. The highest BCUT2D eigenvalue weighted by Gasteiger charge is 2.25. The predicted molar refractivity (Wildman–Crippen MR) is 76.1 cm³/mol. The first-order chi connectivity index (χ1) is 8.06. The van der Waals surface area contributed by atoms with E-state index in [0.29, 0.717) is 11.5 Å². The Morgan fingerprint density at radius 2 is 1.82 bits per heavy atom. The zero-order chi connectivity index (χ0) is 12.7. The molecule has 0 aliphatic heterocycles. The molecule has 0 radical (unpaired) electrons. The van der Waals surface area contributed by atoms with E-state index in [9.17, 15) is 0 Å². The van der Waals surface area contributed by atoms with Gasteiger partial charge in [-0.3, -0.25) is 0 Å². The monoisotopic (exact) mass is 240 g/mol. The van der Waals surface area contributed by atoms with Crippen LogP contribution in [0.25, 0.3) is 0 Å². The molecule has 17 heavy (non-hydrogen) atoms. The molecule has 0 amide bonds. The van der Waals surface area contributed by atoms with E-state index in [2.05, 4.69) is 26.1 Å². The SMILES string of the molecule is CC(C)CC(CN)CCNC1(C)CCCCC1. The lowest BCUT2D eigenvalue weighted by atomic mass is 9.83. The molecule has 1 atom stereocenters. The van der Waals surface area contributed by atoms with E-state index >= 15 is 0 Å². The third-order valence-corrected chi connectivity index (χ3v) is 4.20. The fourth-order valence-electron chi connectivity index (χ4n) is 3.09. The minimum atomic E-state index is 0.412. The highest BCUT2D eigenvalue weighted by molar-refractivity contribution is 4.86. The van der Waals surface area contributed by atoms with Crippen LogP contribution in [0.2, 0.25) is 0 Å². The van der Waals surface area contributed by atoms with Gasteiger partial charge < -0.3 is 11.1 Å². The molecule has 0 spiro atoms. The largest absolute Gasteiger partial charge is 0.330 e. The van der Waals surface area contributed by atoms with Crippen molar-refractivity contribution in [1.29, 1.82) is 0 Å². The molecule has 2 nitrogen and oxygen atoms in total. The van der Waals surface area contributed by atoms with Crippen LogP contribution in [0.15, 0.2) is 0 Å². The van der Waals surface area contributed by atoms with Gasteiger partial charge in [0.2, 0.25) is 0 Å². The molecule has 1 aliphatic carbocycles. The molecule has 0 saturated heterocycles. The highest BCUT2D eigenvalue weighted by Crippen LogP contribution is 2.27. The quantitative estimate of drug-likeness (QED) is 0.716. The van der Waals surface area contributed by atoms with Crippen molar-refractivity contribution >= 4 is 0 Å². The van der Waals surface area contributed by atoms with Gasteiger partial charge in [0.05, 0.1) is 0 Å². The van der Waals surface area contributed by atoms with E-state index in [1.165, 1.54) is 44.9 Å². The number of hydrogen-bond acceptors (Lipinski definition) is 2. The van der Waals surface area contributed by atoms with Gasteiger partial charge in [0.15, 0.2) is 0 Å². The molecule has 0 heterocycles. The van der Waals surface area contributed by atoms with Crippen molar-refractivity contribution in [3.8, 4) is 0 Å². The topological polar surface area (TPSA) is 38.0 Å². The number of rotatable bonds is 7. The van der Waals surface area contributed by atoms with Gasteiger partial charge in [-0.2, -0.15) is 0 Å². The van der Waals surface area contributed by atoms with Crippen LogP contribution in [0.1, 0.15) is 65.7 Å². The summed E-state index contributed by atoms with van der Waals surface area (Å²) in [5, 5.41) is 3.78. The molecule has 102 valence electrons. The van der Waals surface area contributed by atoms with Gasteiger partial charge in [-0.15, -0.1) is 0 Å². The van der Waals surface area contributed by atoms with E-state index < -0.39 is 0 Å². The molecule has 0 aromatic heterocycles. The van der Waals surface area contributed by atoms with Crippen molar-refractivity contribution in [2.45, 2.75) is 71.3 Å². The summed E-state index contributed by atoms with van der Waals surface area (Å²) in [6, 6.07) is 0. The van der Waals surface area contributed by atoms with Gasteiger partial charge >= 0.3 is 0 Å². The van der Waals surface area contributed by atoms with Gasteiger partial charge in [0.25, 0.3) is 0 Å². The predicted octanol–water partition coefficient (Wildman–Crippen LogP) is 3.31. The summed E-state index contributed by atoms with van der Waals surface area (Å²) in [6.45, 7) is 8.96. The summed E-state index contributed by atoms with van der Waals surface area (Å²) in [5.74, 6) is 1.48. The molecule has 0 bridgehead atoms. The Balaban J connectivity index is 2.20. The number of nitrogens with two attached hydrogens (primary N) is 1. The molecule has 1 fully saturated rings. The maximum atomic E-state index is 5.85.